The Morgan fingerprint density at radius 1 is 1.26 bits per heavy atom. The van der Waals surface area contributed by atoms with Crippen molar-refractivity contribution in [2.75, 3.05) is 0 Å². The average Bonchev–Trinajstić information content (AvgIpc) is 2.90. The zero-order valence-corrected chi connectivity index (χ0v) is 14.3. The van der Waals surface area contributed by atoms with Crippen LogP contribution in [0.5, 0.6) is 5.75 Å². The summed E-state index contributed by atoms with van der Waals surface area (Å²) in [5, 5.41) is 5.24. The van der Waals surface area contributed by atoms with Gasteiger partial charge in [0.05, 0.1) is 5.69 Å². The third kappa shape index (κ3) is 3.27. The SMILES string of the molecule is CCCc1nn2c(=O)cc(COc3c(C)cccc3C)nc2s1. The number of nitrogens with zero attached hydrogens (tertiary/aromatic N) is 3. The van der Waals surface area contributed by atoms with Crippen LogP contribution in [-0.2, 0) is 13.0 Å². The molecule has 0 fully saturated rings. The highest BCUT2D eigenvalue weighted by Crippen LogP contribution is 2.23. The molecule has 1 aromatic carbocycles. The summed E-state index contributed by atoms with van der Waals surface area (Å²) < 4.78 is 7.26. The molecular weight excluding hydrogens is 310 g/mol. The van der Waals surface area contributed by atoms with Crippen LogP contribution in [0.15, 0.2) is 29.1 Å². The van der Waals surface area contributed by atoms with E-state index in [4.69, 9.17) is 4.74 Å². The molecule has 0 radical (unpaired) electrons. The van der Waals surface area contributed by atoms with Gasteiger partial charge in [0.25, 0.3) is 5.56 Å². The minimum Gasteiger partial charge on any atom is -0.487 e. The predicted octanol–water partition coefficient (Wildman–Crippen LogP) is 3.30. The first-order valence-corrected chi connectivity index (χ1v) is 8.48. The molecule has 0 spiro atoms. The standard InChI is InChI=1S/C17H19N3O2S/c1-4-6-14-19-20-15(21)9-13(18-17(20)23-14)10-22-16-11(2)7-5-8-12(16)3/h5,7-9H,4,6,10H2,1-3H3. The summed E-state index contributed by atoms with van der Waals surface area (Å²) in [6.07, 6.45) is 1.86. The minimum absolute atomic E-state index is 0.159. The second-order valence-corrected chi connectivity index (χ2v) is 6.58. The number of fused-ring (bicyclic) bond motifs is 1. The van der Waals surface area contributed by atoms with Crippen molar-refractivity contribution in [3.63, 3.8) is 0 Å². The maximum Gasteiger partial charge on any atom is 0.275 e. The van der Waals surface area contributed by atoms with Crippen LogP contribution in [0.25, 0.3) is 4.96 Å². The van der Waals surface area contributed by atoms with E-state index in [9.17, 15) is 4.79 Å². The highest BCUT2D eigenvalue weighted by Gasteiger charge is 2.10. The summed E-state index contributed by atoms with van der Waals surface area (Å²) in [5.74, 6) is 0.852. The average molecular weight is 329 g/mol. The fraction of sp³-hybridized carbons (Fsp3) is 0.353. The molecule has 0 aliphatic rings. The molecule has 3 rings (SSSR count). The van der Waals surface area contributed by atoms with Crippen LogP contribution in [0.1, 0.15) is 35.2 Å². The van der Waals surface area contributed by atoms with E-state index >= 15 is 0 Å². The number of hydrogen-bond donors (Lipinski definition) is 0. The molecule has 0 aliphatic heterocycles. The number of aromatic nitrogens is 3. The number of aryl methyl sites for hydroxylation is 3. The van der Waals surface area contributed by atoms with E-state index in [1.807, 2.05) is 32.0 Å². The Labute approximate surface area is 138 Å². The van der Waals surface area contributed by atoms with Crippen molar-refractivity contribution in [1.29, 1.82) is 0 Å². The highest BCUT2D eigenvalue weighted by atomic mass is 32.1. The van der Waals surface area contributed by atoms with Crippen molar-refractivity contribution < 1.29 is 4.74 Å². The Bertz CT molecular complexity index is 878. The summed E-state index contributed by atoms with van der Waals surface area (Å²) in [7, 11) is 0. The fourth-order valence-corrected chi connectivity index (χ4v) is 3.48. The second kappa shape index (κ2) is 6.50. The number of ether oxygens (including phenoxy) is 1. The molecule has 120 valence electrons. The van der Waals surface area contributed by atoms with Crippen molar-refractivity contribution in [3.05, 3.63) is 56.4 Å². The van der Waals surface area contributed by atoms with Gasteiger partial charge in [0, 0.05) is 12.5 Å². The van der Waals surface area contributed by atoms with E-state index in [2.05, 4.69) is 17.0 Å². The number of hydrogen-bond acceptors (Lipinski definition) is 5. The van der Waals surface area contributed by atoms with Crippen LogP contribution < -0.4 is 10.3 Å². The van der Waals surface area contributed by atoms with E-state index in [0.717, 1.165) is 34.7 Å². The third-order valence-corrected chi connectivity index (χ3v) is 4.55. The normalized spacial score (nSPS) is 11.1. The van der Waals surface area contributed by atoms with Crippen LogP contribution in [0.3, 0.4) is 0 Å². The molecule has 23 heavy (non-hydrogen) atoms. The van der Waals surface area contributed by atoms with Gasteiger partial charge in [-0.2, -0.15) is 9.61 Å². The Hall–Kier alpha value is -2.21. The van der Waals surface area contributed by atoms with E-state index in [1.165, 1.54) is 21.9 Å². The van der Waals surface area contributed by atoms with E-state index in [0.29, 0.717) is 10.7 Å². The van der Waals surface area contributed by atoms with Gasteiger partial charge in [-0.05, 0) is 31.4 Å². The van der Waals surface area contributed by atoms with Gasteiger partial charge >= 0.3 is 0 Å². The molecule has 0 unspecified atom stereocenters. The predicted molar refractivity (Wildman–Crippen MR) is 91.4 cm³/mol. The van der Waals surface area contributed by atoms with Crippen LogP contribution in [-0.4, -0.2) is 14.6 Å². The summed E-state index contributed by atoms with van der Waals surface area (Å²) in [6, 6.07) is 7.51. The van der Waals surface area contributed by atoms with Gasteiger partial charge in [-0.25, -0.2) is 4.98 Å². The molecular formula is C17H19N3O2S. The Morgan fingerprint density at radius 2 is 2.00 bits per heavy atom. The summed E-state index contributed by atoms with van der Waals surface area (Å²) in [4.78, 5) is 17.3. The molecule has 0 aliphatic carbocycles. The van der Waals surface area contributed by atoms with Gasteiger partial charge in [0.2, 0.25) is 4.96 Å². The summed E-state index contributed by atoms with van der Waals surface area (Å²) in [5.41, 5.74) is 2.62. The van der Waals surface area contributed by atoms with E-state index in [-0.39, 0.29) is 12.2 Å². The molecule has 0 N–H and O–H groups in total. The largest absolute Gasteiger partial charge is 0.487 e. The van der Waals surface area contributed by atoms with Crippen LogP contribution in [0.2, 0.25) is 0 Å². The van der Waals surface area contributed by atoms with Gasteiger partial charge in [0.1, 0.15) is 17.4 Å². The second-order valence-electron chi connectivity index (χ2n) is 5.54. The number of benzene rings is 1. The first-order chi connectivity index (χ1) is 11.1. The molecule has 0 saturated carbocycles. The fourth-order valence-electron chi connectivity index (χ4n) is 2.46. The first-order valence-electron chi connectivity index (χ1n) is 7.66. The smallest absolute Gasteiger partial charge is 0.275 e. The van der Waals surface area contributed by atoms with Crippen LogP contribution in [0.4, 0.5) is 0 Å². The van der Waals surface area contributed by atoms with E-state index < -0.39 is 0 Å². The monoisotopic (exact) mass is 329 g/mol. The van der Waals surface area contributed by atoms with Crippen molar-refractivity contribution in [2.24, 2.45) is 0 Å². The molecule has 2 heterocycles. The van der Waals surface area contributed by atoms with E-state index in [1.54, 1.807) is 0 Å². The lowest BCUT2D eigenvalue weighted by atomic mass is 10.1. The summed E-state index contributed by atoms with van der Waals surface area (Å²) in [6.45, 7) is 6.38. The maximum atomic E-state index is 12.2. The van der Waals surface area contributed by atoms with Gasteiger partial charge in [-0.1, -0.05) is 36.5 Å². The van der Waals surface area contributed by atoms with Crippen LogP contribution in [0, 0.1) is 13.8 Å². The molecule has 0 amide bonds. The lowest BCUT2D eigenvalue weighted by molar-refractivity contribution is 0.297. The number of rotatable bonds is 5. The molecule has 6 heteroatoms. The van der Waals surface area contributed by atoms with Gasteiger partial charge in [-0.3, -0.25) is 4.79 Å². The number of para-hydroxylation sites is 1. The van der Waals surface area contributed by atoms with Crippen molar-refractivity contribution >= 4 is 16.3 Å². The van der Waals surface area contributed by atoms with Crippen LogP contribution >= 0.6 is 11.3 Å². The zero-order chi connectivity index (χ0) is 16.4. The Kier molecular flexibility index (Phi) is 4.43. The molecule has 2 aromatic heterocycles. The topological polar surface area (TPSA) is 56.5 Å². The lowest BCUT2D eigenvalue weighted by Gasteiger charge is -2.11. The Morgan fingerprint density at radius 3 is 2.70 bits per heavy atom. The molecule has 5 nitrogen and oxygen atoms in total. The first kappa shape index (κ1) is 15.7. The molecule has 0 saturated heterocycles. The van der Waals surface area contributed by atoms with Gasteiger partial charge in [0.15, 0.2) is 0 Å². The molecule has 0 bridgehead atoms. The summed E-state index contributed by atoms with van der Waals surface area (Å²) >= 11 is 1.46. The van der Waals surface area contributed by atoms with Gasteiger partial charge in [-0.15, -0.1) is 0 Å². The maximum absolute atomic E-state index is 12.2. The van der Waals surface area contributed by atoms with Gasteiger partial charge < -0.3 is 4.74 Å². The van der Waals surface area contributed by atoms with Crippen molar-refractivity contribution in [1.82, 2.24) is 14.6 Å². The third-order valence-electron chi connectivity index (χ3n) is 3.58. The minimum atomic E-state index is -0.159. The highest BCUT2D eigenvalue weighted by molar-refractivity contribution is 7.16. The quantitative estimate of drug-likeness (QED) is 0.721. The zero-order valence-electron chi connectivity index (χ0n) is 13.5. The Balaban J connectivity index is 1.87. The van der Waals surface area contributed by atoms with Crippen molar-refractivity contribution in [2.45, 2.75) is 40.2 Å². The lowest BCUT2D eigenvalue weighted by Crippen LogP contribution is -2.16. The molecule has 0 atom stereocenters. The molecule has 3 aromatic rings. The van der Waals surface area contributed by atoms with Crippen molar-refractivity contribution in [3.8, 4) is 5.75 Å².